The number of aromatic nitrogens is 2. The van der Waals surface area contributed by atoms with Crippen molar-refractivity contribution < 1.29 is 32.9 Å². The predicted molar refractivity (Wildman–Crippen MR) is 185 cm³/mol. The summed E-state index contributed by atoms with van der Waals surface area (Å²) in [4.78, 5) is 40.6. The van der Waals surface area contributed by atoms with Crippen molar-refractivity contribution in [2.45, 2.75) is 109 Å². The molecule has 0 saturated carbocycles. The van der Waals surface area contributed by atoms with Crippen molar-refractivity contribution in [2.75, 3.05) is 50.9 Å². The molecule has 1 aromatic carbocycles. The summed E-state index contributed by atoms with van der Waals surface area (Å²) in [6.07, 6.45) is 4.44. The van der Waals surface area contributed by atoms with Crippen molar-refractivity contribution in [3.63, 3.8) is 0 Å². The maximum atomic E-state index is 15.6. The fourth-order valence-corrected chi connectivity index (χ4v) is 7.19. The first-order valence-corrected chi connectivity index (χ1v) is 18.0. The van der Waals surface area contributed by atoms with Crippen molar-refractivity contribution in [2.24, 2.45) is 0 Å². The van der Waals surface area contributed by atoms with Gasteiger partial charge in [-0.2, -0.15) is 9.97 Å². The third kappa shape index (κ3) is 9.19. The van der Waals surface area contributed by atoms with Crippen LogP contribution >= 0.6 is 27.5 Å². The molecule has 3 aliphatic rings. The fourth-order valence-electron chi connectivity index (χ4n) is 6.70. The standard InChI is InChI=1S/C34H48BrClFN5O6/c1-33(2,3)47-26(43)12-16-45-15-8-14-40-13-7-9-23(40)20-46-31-38-29-24(17-25(36)27(35)28(29)37)30(39-31)41-18-21-10-11-22(19-41)42(21)32(44)48-34(4,5)6/h17,21-23H,7-16,18-20H2,1-6H3. The number of esters is 1. The normalized spacial score (nSPS) is 21.6. The quantitative estimate of drug-likeness (QED) is 0.139. The average molecular weight is 757 g/mol. The van der Waals surface area contributed by atoms with E-state index in [1.165, 1.54) is 0 Å². The van der Waals surface area contributed by atoms with E-state index >= 15 is 4.39 Å². The zero-order valence-corrected chi connectivity index (χ0v) is 31.2. The van der Waals surface area contributed by atoms with Crippen LogP contribution in [-0.2, 0) is 19.0 Å². The summed E-state index contributed by atoms with van der Waals surface area (Å²) < 4.78 is 38.7. The number of likely N-dealkylation sites (tertiary alicyclic amines) is 1. The van der Waals surface area contributed by atoms with Crippen molar-refractivity contribution in [1.29, 1.82) is 0 Å². The molecule has 4 heterocycles. The van der Waals surface area contributed by atoms with E-state index in [0.717, 1.165) is 45.2 Å². The Balaban J connectivity index is 1.23. The van der Waals surface area contributed by atoms with Gasteiger partial charge in [-0.15, -0.1) is 0 Å². The molecule has 2 bridgehead atoms. The molecule has 2 aromatic rings. The highest BCUT2D eigenvalue weighted by Gasteiger charge is 2.45. The molecule has 3 fully saturated rings. The van der Waals surface area contributed by atoms with Crippen LogP contribution in [0.15, 0.2) is 10.5 Å². The third-order valence-electron chi connectivity index (χ3n) is 8.68. The maximum Gasteiger partial charge on any atom is 0.410 e. The number of halogens is 3. The van der Waals surface area contributed by atoms with Crippen molar-refractivity contribution in [3.8, 4) is 6.01 Å². The zero-order valence-electron chi connectivity index (χ0n) is 28.8. The highest BCUT2D eigenvalue weighted by atomic mass is 79.9. The van der Waals surface area contributed by atoms with Crippen LogP contribution in [0.2, 0.25) is 5.02 Å². The topological polar surface area (TPSA) is 107 Å². The average Bonchev–Trinajstić information content (AvgIpc) is 3.55. The van der Waals surface area contributed by atoms with E-state index in [0.29, 0.717) is 44.1 Å². The summed E-state index contributed by atoms with van der Waals surface area (Å²) in [5.74, 6) is -0.296. The SMILES string of the molecule is CC(C)(C)OC(=O)CCOCCCN1CCCC1COc1nc(N2CC3CCC(C2)N3C(=O)OC(C)(C)C)c2cc(Cl)c(Br)c(F)c2n1. The van der Waals surface area contributed by atoms with Gasteiger partial charge in [-0.25, -0.2) is 9.18 Å². The number of hydrogen-bond acceptors (Lipinski definition) is 10. The minimum Gasteiger partial charge on any atom is -0.462 e. The molecule has 1 amide bonds. The first-order valence-electron chi connectivity index (χ1n) is 16.9. The van der Waals surface area contributed by atoms with Gasteiger partial charge in [0.25, 0.3) is 0 Å². The van der Waals surface area contributed by atoms with Gasteiger partial charge >= 0.3 is 18.1 Å². The summed E-state index contributed by atoms with van der Waals surface area (Å²) >= 11 is 9.67. The van der Waals surface area contributed by atoms with Gasteiger partial charge in [0.1, 0.15) is 29.1 Å². The van der Waals surface area contributed by atoms with Crippen molar-refractivity contribution in [3.05, 3.63) is 21.4 Å². The highest BCUT2D eigenvalue weighted by Crippen LogP contribution is 2.39. The van der Waals surface area contributed by atoms with Gasteiger partial charge in [0.2, 0.25) is 0 Å². The maximum absolute atomic E-state index is 15.6. The number of amides is 1. The Morgan fingerprint density at radius 2 is 1.71 bits per heavy atom. The number of rotatable bonds is 11. The summed E-state index contributed by atoms with van der Waals surface area (Å²) in [6, 6.07) is 1.82. The lowest BCUT2D eigenvalue weighted by Crippen LogP contribution is -2.57. The Bertz CT molecular complexity index is 1470. The van der Waals surface area contributed by atoms with Crippen LogP contribution < -0.4 is 9.64 Å². The Hall–Kier alpha value is -2.48. The largest absolute Gasteiger partial charge is 0.462 e. The number of carbonyl (C=O) groups is 2. The van der Waals surface area contributed by atoms with Crippen LogP contribution in [0.1, 0.15) is 80.1 Å². The van der Waals surface area contributed by atoms with E-state index in [9.17, 15) is 9.59 Å². The first kappa shape index (κ1) is 36.8. The summed E-state index contributed by atoms with van der Waals surface area (Å²) in [6.45, 7) is 15.2. The molecule has 3 saturated heterocycles. The van der Waals surface area contributed by atoms with Gasteiger partial charge in [-0.1, -0.05) is 11.6 Å². The van der Waals surface area contributed by atoms with E-state index in [-0.39, 0.29) is 57.6 Å². The Labute approximate surface area is 295 Å². The predicted octanol–water partition coefficient (Wildman–Crippen LogP) is 6.75. The van der Waals surface area contributed by atoms with E-state index < -0.39 is 17.0 Å². The minimum atomic E-state index is -0.587. The smallest absolute Gasteiger partial charge is 0.410 e. The Morgan fingerprint density at radius 1 is 1.02 bits per heavy atom. The van der Waals surface area contributed by atoms with Crippen LogP contribution in [0.5, 0.6) is 6.01 Å². The Kier molecular flexibility index (Phi) is 11.6. The first-order chi connectivity index (χ1) is 22.6. The van der Waals surface area contributed by atoms with E-state index in [1.54, 1.807) is 6.07 Å². The molecule has 48 heavy (non-hydrogen) atoms. The second-order valence-electron chi connectivity index (χ2n) is 14.8. The van der Waals surface area contributed by atoms with Crippen LogP contribution in [-0.4, -0.2) is 107 Å². The van der Waals surface area contributed by atoms with Crippen LogP contribution in [0, 0.1) is 5.82 Å². The molecule has 3 atom stereocenters. The summed E-state index contributed by atoms with van der Waals surface area (Å²) in [7, 11) is 0. The van der Waals surface area contributed by atoms with Gasteiger partial charge < -0.3 is 23.8 Å². The molecule has 5 rings (SSSR count). The number of carbonyl (C=O) groups excluding carboxylic acids is 2. The lowest BCUT2D eigenvalue weighted by atomic mass is 10.1. The molecular formula is C34H48BrClFN5O6. The molecule has 1 aromatic heterocycles. The second kappa shape index (κ2) is 15.2. The highest BCUT2D eigenvalue weighted by molar-refractivity contribution is 9.10. The van der Waals surface area contributed by atoms with Crippen LogP contribution in [0.25, 0.3) is 10.9 Å². The Morgan fingerprint density at radius 3 is 2.38 bits per heavy atom. The number of fused-ring (bicyclic) bond motifs is 3. The monoisotopic (exact) mass is 755 g/mol. The molecule has 266 valence electrons. The van der Waals surface area contributed by atoms with Crippen molar-refractivity contribution in [1.82, 2.24) is 19.8 Å². The number of piperazine rings is 1. The molecule has 0 aliphatic carbocycles. The van der Waals surface area contributed by atoms with Gasteiger partial charge in [0.05, 0.1) is 34.6 Å². The number of benzene rings is 1. The molecule has 3 unspecified atom stereocenters. The molecule has 14 heteroatoms. The van der Waals surface area contributed by atoms with Crippen molar-refractivity contribution >= 4 is 56.3 Å². The van der Waals surface area contributed by atoms with Gasteiger partial charge in [-0.3, -0.25) is 14.6 Å². The lowest BCUT2D eigenvalue weighted by Gasteiger charge is -2.42. The molecule has 0 N–H and O–H groups in total. The van der Waals surface area contributed by atoms with Gasteiger partial charge in [-0.05, 0) is 102 Å². The number of nitrogens with zero attached hydrogens (tertiary/aromatic N) is 5. The van der Waals surface area contributed by atoms with E-state index in [4.69, 9.17) is 35.5 Å². The summed E-state index contributed by atoms with van der Waals surface area (Å²) in [5, 5.41) is 0.719. The molecular weight excluding hydrogens is 709 g/mol. The number of anilines is 1. The fraction of sp³-hybridized carbons (Fsp3) is 0.706. The molecule has 3 aliphatic heterocycles. The third-order valence-corrected chi connectivity index (χ3v) is 9.98. The minimum absolute atomic E-state index is 0.0583. The van der Waals surface area contributed by atoms with E-state index in [2.05, 4.69) is 30.7 Å². The molecule has 0 spiro atoms. The van der Waals surface area contributed by atoms with Crippen LogP contribution in [0.4, 0.5) is 15.0 Å². The van der Waals surface area contributed by atoms with Gasteiger partial charge in [0, 0.05) is 37.7 Å². The number of hydrogen-bond donors (Lipinski definition) is 0. The summed E-state index contributed by atoms with van der Waals surface area (Å²) in [5.41, 5.74) is -0.961. The lowest BCUT2D eigenvalue weighted by molar-refractivity contribution is -0.156. The second-order valence-corrected chi connectivity index (χ2v) is 16.0. The van der Waals surface area contributed by atoms with Gasteiger partial charge in [0.15, 0.2) is 5.82 Å². The zero-order chi connectivity index (χ0) is 34.8. The number of ether oxygens (including phenoxy) is 4. The van der Waals surface area contributed by atoms with Crippen LogP contribution in [0.3, 0.4) is 0 Å². The molecule has 11 nitrogen and oxygen atoms in total. The molecule has 0 radical (unpaired) electrons. The van der Waals surface area contributed by atoms with E-state index in [1.807, 2.05) is 46.4 Å².